The van der Waals surface area contributed by atoms with Crippen LogP contribution in [0.1, 0.15) is 30.3 Å². The van der Waals surface area contributed by atoms with E-state index in [9.17, 15) is 9.50 Å². The SMILES string of the molecule is CCc1ccc(C(O)c2cc3cccc(F)c3o2)o1. The normalized spacial score (nSPS) is 13.0. The van der Waals surface area contributed by atoms with E-state index >= 15 is 0 Å². The summed E-state index contributed by atoms with van der Waals surface area (Å²) in [7, 11) is 0. The fourth-order valence-corrected chi connectivity index (χ4v) is 2.05. The topological polar surface area (TPSA) is 46.5 Å². The van der Waals surface area contributed by atoms with Gasteiger partial charge in [0.2, 0.25) is 0 Å². The number of hydrogen-bond acceptors (Lipinski definition) is 3. The summed E-state index contributed by atoms with van der Waals surface area (Å²) < 4.78 is 24.4. The molecule has 0 aliphatic heterocycles. The number of halogens is 1. The van der Waals surface area contributed by atoms with Gasteiger partial charge in [-0.05, 0) is 24.3 Å². The lowest BCUT2D eigenvalue weighted by atomic mass is 10.2. The number of aliphatic hydroxyl groups excluding tert-OH is 1. The van der Waals surface area contributed by atoms with Crippen molar-refractivity contribution in [1.29, 1.82) is 0 Å². The van der Waals surface area contributed by atoms with Crippen LogP contribution in [0.15, 0.2) is 45.2 Å². The van der Waals surface area contributed by atoms with Crippen LogP contribution in [0.3, 0.4) is 0 Å². The lowest BCUT2D eigenvalue weighted by molar-refractivity contribution is 0.162. The molecule has 3 aromatic rings. The Balaban J connectivity index is 2.01. The zero-order valence-corrected chi connectivity index (χ0v) is 10.4. The van der Waals surface area contributed by atoms with Crippen molar-refractivity contribution >= 4 is 11.0 Å². The van der Waals surface area contributed by atoms with Gasteiger partial charge in [-0.1, -0.05) is 19.1 Å². The first-order chi connectivity index (χ1) is 9.19. The summed E-state index contributed by atoms with van der Waals surface area (Å²) in [5.74, 6) is 1.02. The Bertz CT molecular complexity index is 711. The van der Waals surface area contributed by atoms with Crippen molar-refractivity contribution in [2.24, 2.45) is 0 Å². The van der Waals surface area contributed by atoms with Gasteiger partial charge in [0.05, 0.1) is 0 Å². The van der Waals surface area contributed by atoms with Crippen LogP contribution in [-0.4, -0.2) is 5.11 Å². The molecule has 0 aliphatic carbocycles. The molecule has 0 aliphatic rings. The number of benzene rings is 1. The number of hydrogen-bond donors (Lipinski definition) is 1. The first kappa shape index (κ1) is 12.0. The molecule has 3 rings (SSSR count). The van der Waals surface area contributed by atoms with Crippen molar-refractivity contribution in [2.75, 3.05) is 0 Å². The molecule has 2 aromatic heterocycles. The molecule has 0 bridgehead atoms. The van der Waals surface area contributed by atoms with Gasteiger partial charge in [-0.2, -0.15) is 0 Å². The number of fused-ring (bicyclic) bond motifs is 1. The van der Waals surface area contributed by atoms with E-state index < -0.39 is 11.9 Å². The molecule has 0 spiro atoms. The van der Waals surface area contributed by atoms with E-state index in [1.165, 1.54) is 6.07 Å². The van der Waals surface area contributed by atoms with Crippen molar-refractivity contribution < 1.29 is 18.3 Å². The molecular weight excluding hydrogens is 247 g/mol. The predicted octanol–water partition coefficient (Wildman–Crippen LogP) is 3.81. The monoisotopic (exact) mass is 260 g/mol. The van der Waals surface area contributed by atoms with Crippen molar-refractivity contribution in [3.8, 4) is 0 Å². The summed E-state index contributed by atoms with van der Waals surface area (Å²) in [6, 6.07) is 9.79. The summed E-state index contributed by atoms with van der Waals surface area (Å²) in [4.78, 5) is 0. The minimum absolute atomic E-state index is 0.152. The Kier molecular flexibility index (Phi) is 2.87. The van der Waals surface area contributed by atoms with E-state index in [2.05, 4.69) is 0 Å². The molecule has 3 nitrogen and oxygen atoms in total. The highest BCUT2D eigenvalue weighted by Crippen LogP contribution is 2.30. The van der Waals surface area contributed by atoms with E-state index in [0.29, 0.717) is 11.1 Å². The molecule has 98 valence electrons. The van der Waals surface area contributed by atoms with Crippen LogP contribution >= 0.6 is 0 Å². The Morgan fingerprint density at radius 3 is 2.68 bits per heavy atom. The lowest BCUT2D eigenvalue weighted by Gasteiger charge is -2.03. The lowest BCUT2D eigenvalue weighted by Crippen LogP contribution is -1.95. The molecule has 0 radical (unpaired) electrons. The molecule has 0 saturated heterocycles. The van der Waals surface area contributed by atoms with E-state index in [4.69, 9.17) is 8.83 Å². The maximum absolute atomic E-state index is 13.5. The molecule has 0 fully saturated rings. The Labute approximate surface area is 109 Å². The largest absolute Gasteiger partial charge is 0.463 e. The molecule has 0 amide bonds. The third kappa shape index (κ3) is 2.04. The smallest absolute Gasteiger partial charge is 0.170 e. The highest BCUT2D eigenvalue weighted by molar-refractivity contribution is 5.78. The number of rotatable bonds is 3. The first-order valence-electron chi connectivity index (χ1n) is 6.13. The second-order valence-corrected chi connectivity index (χ2v) is 4.37. The number of furan rings is 2. The van der Waals surface area contributed by atoms with E-state index in [1.54, 1.807) is 24.3 Å². The van der Waals surface area contributed by atoms with Gasteiger partial charge in [0.1, 0.15) is 17.3 Å². The van der Waals surface area contributed by atoms with Crippen molar-refractivity contribution in [3.63, 3.8) is 0 Å². The third-order valence-electron chi connectivity index (χ3n) is 3.09. The predicted molar refractivity (Wildman–Crippen MR) is 68.3 cm³/mol. The van der Waals surface area contributed by atoms with Crippen LogP contribution in [0.4, 0.5) is 4.39 Å². The van der Waals surface area contributed by atoms with Gasteiger partial charge in [-0.3, -0.25) is 0 Å². The molecule has 4 heteroatoms. The van der Waals surface area contributed by atoms with Crippen LogP contribution in [-0.2, 0) is 6.42 Å². The number of aryl methyl sites for hydroxylation is 1. The molecule has 1 N–H and O–H groups in total. The van der Waals surface area contributed by atoms with Crippen LogP contribution < -0.4 is 0 Å². The van der Waals surface area contributed by atoms with Crippen LogP contribution in [0.5, 0.6) is 0 Å². The average Bonchev–Trinajstić information content (AvgIpc) is 3.05. The van der Waals surface area contributed by atoms with Gasteiger partial charge in [-0.25, -0.2) is 4.39 Å². The standard InChI is InChI=1S/C15H13FO3/c1-2-10-6-7-12(18-10)14(17)13-8-9-4-3-5-11(16)15(9)19-13/h3-8,14,17H,2H2,1H3. The average molecular weight is 260 g/mol. The summed E-state index contributed by atoms with van der Waals surface area (Å²) in [6.07, 6.45) is -0.270. The van der Waals surface area contributed by atoms with Gasteiger partial charge in [0, 0.05) is 11.8 Å². The molecule has 1 atom stereocenters. The fraction of sp³-hybridized carbons (Fsp3) is 0.200. The summed E-state index contributed by atoms with van der Waals surface area (Å²) in [5.41, 5.74) is 0.152. The highest BCUT2D eigenvalue weighted by Gasteiger charge is 2.20. The first-order valence-corrected chi connectivity index (χ1v) is 6.13. The van der Waals surface area contributed by atoms with Crippen LogP contribution in [0.25, 0.3) is 11.0 Å². The van der Waals surface area contributed by atoms with Crippen LogP contribution in [0.2, 0.25) is 0 Å². The van der Waals surface area contributed by atoms with E-state index in [0.717, 1.165) is 12.2 Å². The summed E-state index contributed by atoms with van der Waals surface area (Å²) >= 11 is 0. The van der Waals surface area contributed by atoms with Crippen molar-refractivity contribution in [3.05, 3.63) is 59.5 Å². The zero-order valence-electron chi connectivity index (χ0n) is 10.4. The van der Waals surface area contributed by atoms with E-state index in [1.807, 2.05) is 13.0 Å². The van der Waals surface area contributed by atoms with Crippen molar-refractivity contribution in [1.82, 2.24) is 0 Å². The molecule has 19 heavy (non-hydrogen) atoms. The maximum atomic E-state index is 13.5. The Morgan fingerprint density at radius 2 is 2.00 bits per heavy atom. The maximum Gasteiger partial charge on any atom is 0.170 e. The molecule has 0 saturated carbocycles. The fourth-order valence-electron chi connectivity index (χ4n) is 2.05. The highest BCUT2D eigenvalue weighted by atomic mass is 19.1. The molecule has 2 heterocycles. The van der Waals surface area contributed by atoms with Gasteiger partial charge in [-0.15, -0.1) is 0 Å². The minimum atomic E-state index is -1.02. The molecule has 1 aromatic carbocycles. The Hall–Kier alpha value is -2.07. The quantitative estimate of drug-likeness (QED) is 0.779. The van der Waals surface area contributed by atoms with E-state index in [-0.39, 0.29) is 11.3 Å². The third-order valence-corrected chi connectivity index (χ3v) is 3.09. The van der Waals surface area contributed by atoms with Gasteiger partial charge in [0.15, 0.2) is 17.5 Å². The minimum Gasteiger partial charge on any atom is -0.463 e. The second-order valence-electron chi connectivity index (χ2n) is 4.37. The van der Waals surface area contributed by atoms with Gasteiger partial charge < -0.3 is 13.9 Å². The molecule has 1 unspecified atom stereocenters. The second kappa shape index (κ2) is 4.55. The Morgan fingerprint density at radius 1 is 1.16 bits per heavy atom. The number of aliphatic hydroxyl groups is 1. The number of para-hydroxylation sites is 1. The van der Waals surface area contributed by atoms with Gasteiger partial charge in [0.25, 0.3) is 0 Å². The van der Waals surface area contributed by atoms with Gasteiger partial charge >= 0.3 is 0 Å². The summed E-state index contributed by atoms with van der Waals surface area (Å²) in [5, 5.41) is 10.8. The zero-order chi connectivity index (χ0) is 13.4. The van der Waals surface area contributed by atoms with Crippen molar-refractivity contribution in [2.45, 2.75) is 19.4 Å². The summed E-state index contributed by atoms with van der Waals surface area (Å²) in [6.45, 7) is 1.96. The molecular formula is C15H13FO3. The van der Waals surface area contributed by atoms with Crippen LogP contribution in [0, 0.1) is 5.82 Å².